The third-order valence-electron chi connectivity index (χ3n) is 3.15. The molecule has 3 atom stereocenters. The molecule has 2 heteroatoms. The van der Waals surface area contributed by atoms with Gasteiger partial charge in [-0.3, -0.25) is 0 Å². The van der Waals surface area contributed by atoms with Gasteiger partial charge >= 0.3 is 0 Å². The zero-order valence-corrected chi connectivity index (χ0v) is 10.6. The van der Waals surface area contributed by atoms with E-state index < -0.39 is 0 Å². The van der Waals surface area contributed by atoms with Crippen molar-refractivity contribution < 1.29 is 0 Å². The Morgan fingerprint density at radius 1 is 1.21 bits per heavy atom. The summed E-state index contributed by atoms with van der Waals surface area (Å²) in [6.07, 6.45) is 4.28. The second-order valence-electron chi connectivity index (χ2n) is 5.21. The van der Waals surface area contributed by atoms with Crippen molar-refractivity contribution >= 4 is 11.8 Å². The Balaban J connectivity index is 2.23. The molecule has 0 radical (unpaired) electrons. The molecule has 0 bridgehead atoms. The summed E-state index contributed by atoms with van der Waals surface area (Å²) in [4.78, 5) is 0. The molecule has 1 saturated carbocycles. The number of hydrogen-bond donors (Lipinski definition) is 1. The molecule has 84 valence electrons. The minimum absolute atomic E-state index is 0.688. The second-order valence-corrected chi connectivity index (χ2v) is 6.55. The maximum absolute atomic E-state index is 5.63. The maximum Gasteiger partial charge on any atom is 0.00522 e. The van der Waals surface area contributed by atoms with Gasteiger partial charge in [0.15, 0.2) is 0 Å². The van der Waals surface area contributed by atoms with Crippen molar-refractivity contribution in [2.75, 3.05) is 12.3 Å². The van der Waals surface area contributed by atoms with Gasteiger partial charge < -0.3 is 5.73 Å². The van der Waals surface area contributed by atoms with Gasteiger partial charge in [-0.05, 0) is 49.3 Å². The van der Waals surface area contributed by atoms with Gasteiger partial charge in [0.1, 0.15) is 0 Å². The first kappa shape index (κ1) is 12.4. The number of hydrogen-bond acceptors (Lipinski definition) is 2. The summed E-state index contributed by atoms with van der Waals surface area (Å²) >= 11 is 2.16. The highest BCUT2D eigenvalue weighted by Gasteiger charge is 2.24. The fourth-order valence-corrected chi connectivity index (χ4v) is 4.04. The van der Waals surface area contributed by atoms with E-state index in [1.807, 2.05) is 0 Å². The Morgan fingerprint density at radius 3 is 2.29 bits per heavy atom. The summed E-state index contributed by atoms with van der Waals surface area (Å²) < 4.78 is 0. The molecule has 0 amide bonds. The van der Waals surface area contributed by atoms with Crippen molar-refractivity contribution in [3.63, 3.8) is 0 Å². The van der Waals surface area contributed by atoms with Gasteiger partial charge in [-0.1, -0.05) is 20.8 Å². The van der Waals surface area contributed by atoms with Crippen LogP contribution in [-0.4, -0.2) is 17.5 Å². The van der Waals surface area contributed by atoms with Crippen molar-refractivity contribution in [3.8, 4) is 0 Å². The van der Waals surface area contributed by atoms with Crippen molar-refractivity contribution in [2.45, 2.75) is 45.3 Å². The Labute approximate surface area is 93.2 Å². The van der Waals surface area contributed by atoms with Crippen LogP contribution < -0.4 is 5.73 Å². The molecule has 0 heterocycles. The third kappa shape index (κ3) is 4.22. The second kappa shape index (κ2) is 6.02. The van der Waals surface area contributed by atoms with E-state index in [-0.39, 0.29) is 0 Å². The summed E-state index contributed by atoms with van der Waals surface area (Å²) in [7, 11) is 0. The lowest BCUT2D eigenvalue weighted by Gasteiger charge is -2.31. The molecule has 1 aliphatic carbocycles. The molecule has 0 aromatic carbocycles. The highest BCUT2D eigenvalue weighted by Crippen LogP contribution is 2.35. The minimum atomic E-state index is 0.688. The van der Waals surface area contributed by atoms with Crippen molar-refractivity contribution in [1.82, 2.24) is 0 Å². The largest absolute Gasteiger partial charge is 0.330 e. The summed E-state index contributed by atoms with van der Waals surface area (Å²) in [6, 6.07) is 0. The van der Waals surface area contributed by atoms with Gasteiger partial charge in [0.2, 0.25) is 0 Å². The van der Waals surface area contributed by atoms with Crippen LogP contribution in [0.5, 0.6) is 0 Å². The monoisotopic (exact) mass is 215 g/mol. The van der Waals surface area contributed by atoms with Gasteiger partial charge in [0.25, 0.3) is 0 Å². The van der Waals surface area contributed by atoms with Crippen molar-refractivity contribution in [3.05, 3.63) is 0 Å². The lowest BCUT2D eigenvalue weighted by molar-refractivity contribution is 0.308. The van der Waals surface area contributed by atoms with Crippen LogP contribution in [0.15, 0.2) is 0 Å². The number of thioether (sulfide) groups is 1. The quantitative estimate of drug-likeness (QED) is 0.779. The average Bonchev–Trinajstić information content (AvgIpc) is 2.12. The average molecular weight is 215 g/mol. The topological polar surface area (TPSA) is 26.0 Å². The first-order valence-electron chi connectivity index (χ1n) is 5.93. The van der Waals surface area contributed by atoms with E-state index in [0.29, 0.717) is 5.92 Å². The molecule has 2 N–H and O–H groups in total. The Hall–Kier alpha value is 0.310. The van der Waals surface area contributed by atoms with Crippen LogP contribution in [0, 0.1) is 17.8 Å². The number of nitrogens with two attached hydrogens (primary N) is 1. The first-order valence-corrected chi connectivity index (χ1v) is 6.98. The molecule has 1 nitrogen and oxygen atoms in total. The van der Waals surface area contributed by atoms with Gasteiger partial charge in [0.05, 0.1) is 0 Å². The fraction of sp³-hybridized carbons (Fsp3) is 1.00. The Kier molecular flexibility index (Phi) is 5.32. The van der Waals surface area contributed by atoms with Crippen molar-refractivity contribution in [1.29, 1.82) is 0 Å². The molecule has 0 spiro atoms. The van der Waals surface area contributed by atoms with Crippen LogP contribution in [0.25, 0.3) is 0 Å². The normalized spacial score (nSPS) is 35.6. The molecule has 3 unspecified atom stereocenters. The molecule has 14 heavy (non-hydrogen) atoms. The molecule has 0 aromatic heterocycles. The highest BCUT2D eigenvalue weighted by atomic mass is 32.2. The molecule has 0 aromatic rings. The van der Waals surface area contributed by atoms with E-state index in [9.17, 15) is 0 Å². The van der Waals surface area contributed by atoms with E-state index in [0.717, 1.165) is 23.6 Å². The summed E-state index contributed by atoms with van der Waals surface area (Å²) in [5.74, 6) is 3.81. The van der Waals surface area contributed by atoms with Gasteiger partial charge in [0, 0.05) is 5.25 Å². The van der Waals surface area contributed by atoms with Gasteiger partial charge in [-0.2, -0.15) is 11.8 Å². The molecule has 1 rings (SSSR count). The molecule has 0 saturated heterocycles. The Bertz CT molecular complexity index is 150. The third-order valence-corrected chi connectivity index (χ3v) is 4.77. The van der Waals surface area contributed by atoms with Crippen LogP contribution in [0.1, 0.15) is 40.0 Å². The van der Waals surface area contributed by atoms with Gasteiger partial charge in [-0.15, -0.1) is 0 Å². The predicted molar refractivity (Wildman–Crippen MR) is 66.6 cm³/mol. The zero-order chi connectivity index (χ0) is 10.6. The Morgan fingerprint density at radius 2 is 1.79 bits per heavy atom. The molecule has 1 fully saturated rings. The molecule has 1 aliphatic rings. The summed E-state index contributed by atoms with van der Waals surface area (Å²) in [5, 5.41) is 0.905. The summed E-state index contributed by atoms with van der Waals surface area (Å²) in [6.45, 7) is 7.89. The van der Waals surface area contributed by atoms with Crippen LogP contribution in [0.2, 0.25) is 0 Å². The standard InChI is InChI=1S/C12H25NS/c1-9-4-10(2)6-12(5-9)14-8-11(3)7-13/h9-12H,4-8,13H2,1-3H3. The fourth-order valence-electron chi connectivity index (χ4n) is 2.38. The lowest BCUT2D eigenvalue weighted by atomic mass is 9.83. The minimum Gasteiger partial charge on any atom is -0.330 e. The predicted octanol–water partition coefficient (Wildman–Crippen LogP) is 3.14. The highest BCUT2D eigenvalue weighted by molar-refractivity contribution is 7.99. The van der Waals surface area contributed by atoms with E-state index in [2.05, 4.69) is 32.5 Å². The van der Waals surface area contributed by atoms with Crippen LogP contribution in [0.3, 0.4) is 0 Å². The molecular weight excluding hydrogens is 190 g/mol. The lowest BCUT2D eigenvalue weighted by Crippen LogP contribution is -2.23. The zero-order valence-electron chi connectivity index (χ0n) is 9.83. The first-order chi connectivity index (χ1) is 6.61. The van der Waals surface area contributed by atoms with E-state index in [4.69, 9.17) is 5.73 Å². The van der Waals surface area contributed by atoms with Crippen molar-refractivity contribution in [2.24, 2.45) is 23.5 Å². The van der Waals surface area contributed by atoms with Crippen LogP contribution in [0.4, 0.5) is 0 Å². The smallest absolute Gasteiger partial charge is 0.00522 e. The van der Waals surface area contributed by atoms with Crippen LogP contribution in [-0.2, 0) is 0 Å². The summed E-state index contributed by atoms with van der Waals surface area (Å²) in [5.41, 5.74) is 5.63. The molecule has 0 aliphatic heterocycles. The SMILES string of the molecule is CC(CN)CSC1CC(C)CC(C)C1. The van der Waals surface area contributed by atoms with E-state index in [1.54, 1.807) is 0 Å². The number of rotatable bonds is 4. The van der Waals surface area contributed by atoms with Crippen LogP contribution >= 0.6 is 11.8 Å². The molecular formula is C12H25NS. The van der Waals surface area contributed by atoms with E-state index >= 15 is 0 Å². The maximum atomic E-state index is 5.63. The van der Waals surface area contributed by atoms with Gasteiger partial charge in [-0.25, -0.2) is 0 Å². The van der Waals surface area contributed by atoms with E-state index in [1.165, 1.54) is 25.0 Å².